The minimum absolute atomic E-state index is 0.0101. The number of nitro groups is 1. The number of hydrogen-bond donors (Lipinski definition) is 2. The molecule has 1 unspecified atom stereocenters. The Balaban J connectivity index is 3.02. The zero-order chi connectivity index (χ0) is 16.0. The van der Waals surface area contributed by atoms with Gasteiger partial charge in [-0.05, 0) is 13.0 Å². The third-order valence-electron chi connectivity index (χ3n) is 2.44. The van der Waals surface area contributed by atoms with Gasteiger partial charge in [-0.3, -0.25) is 14.9 Å². The predicted molar refractivity (Wildman–Crippen MR) is 72.0 cm³/mol. The Morgan fingerprint density at radius 3 is 2.76 bits per heavy atom. The Bertz CT molecular complexity index is 620. The molecule has 8 heteroatoms. The lowest BCUT2D eigenvalue weighted by Gasteiger charge is -2.14. The normalized spacial score (nSPS) is 11.0. The van der Waals surface area contributed by atoms with Crippen LogP contribution in [0.2, 0.25) is 0 Å². The first-order chi connectivity index (χ1) is 9.86. The largest absolute Gasteiger partial charge is 0.478 e. The Hall–Kier alpha value is -3.08. The second kappa shape index (κ2) is 6.91. The lowest BCUT2D eigenvalue weighted by molar-refractivity contribution is -0.386. The fourth-order valence-electron chi connectivity index (χ4n) is 1.42. The third kappa shape index (κ3) is 4.21. The van der Waals surface area contributed by atoms with Crippen LogP contribution >= 0.6 is 0 Å². The summed E-state index contributed by atoms with van der Waals surface area (Å²) in [5.41, 5.74) is -0.622. The molecule has 0 heterocycles. The molecule has 1 atom stereocenters. The van der Waals surface area contributed by atoms with Crippen molar-refractivity contribution in [3.63, 3.8) is 0 Å². The van der Waals surface area contributed by atoms with Crippen LogP contribution in [0.25, 0.3) is 0 Å². The fourth-order valence-corrected chi connectivity index (χ4v) is 1.42. The number of carbonyl (C=O) groups is 2. The maximum absolute atomic E-state index is 11.6. The molecule has 0 spiro atoms. The average Bonchev–Trinajstić information content (AvgIpc) is 2.44. The van der Waals surface area contributed by atoms with Crippen LogP contribution in [-0.2, 0) is 4.79 Å². The Morgan fingerprint density at radius 1 is 1.57 bits per heavy atom. The number of hydrogen-bond acceptors (Lipinski definition) is 5. The summed E-state index contributed by atoms with van der Waals surface area (Å²) in [6, 6.07) is 3.08. The van der Waals surface area contributed by atoms with Crippen molar-refractivity contribution in [1.29, 1.82) is 0 Å². The second-order valence-electron chi connectivity index (χ2n) is 3.93. The van der Waals surface area contributed by atoms with Crippen LogP contribution in [0.4, 0.5) is 5.69 Å². The summed E-state index contributed by atoms with van der Waals surface area (Å²) < 4.78 is 5.17. The minimum atomic E-state index is -1.26. The molecule has 1 rings (SSSR count). The predicted octanol–water partition coefficient (Wildman–Crippen LogP) is 0.810. The molecule has 1 aromatic rings. The van der Waals surface area contributed by atoms with Gasteiger partial charge in [-0.1, -0.05) is 5.92 Å². The van der Waals surface area contributed by atoms with E-state index in [1.165, 1.54) is 6.92 Å². The lowest BCUT2D eigenvalue weighted by atomic mass is 10.2. The minimum Gasteiger partial charge on any atom is -0.478 e. The number of rotatable bonds is 6. The zero-order valence-electron chi connectivity index (χ0n) is 11.0. The number of terminal acetylenes is 1. The maximum atomic E-state index is 11.6. The van der Waals surface area contributed by atoms with Crippen LogP contribution in [0.15, 0.2) is 18.2 Å². The first-order valence-corrected chi connectivity index (χ1v) is 5.76. The van der Waals surface area contributed by atoms with E-state index in [1.54, 1.807) is 0 Å². The van der Waals surface area contributed by atoms with Gasteiger partial charge in [0.1, 0.15) is 0 Å². The van der Waals surface area contributed by atoms with Crippen LogP contribution in [0.3, 0.4) is 0 Å². The topological polar surface area (TPSA) is 119 Å². The summed E-state index contributed by atoms with van der Waals surface area (Å²) in [6.45, 7) is 1.35. The van der Waals surface area contributed by atoms with E-state index in [2.05, 4.69) is 11.2 Å². The molecular weight excluding hydrogens is 280 g/mol. The summed E-state index contributed by atoms with van der Waals surface area (Å²) >= 11 is 0. The fraction of sp³-hybridized carbons (Fsp3) is 0.231. The van der Waals surface area contributed by atoms with Crippen molar-refractivity contribution in [3.05, 3.63) is 33.9 Å². The first-order valence-electron chi connectivity index (χ1n) is 5.76. The number of benzene rings is 1. The molecule has 0 saturated heterocycles. The third-order valence-corrected chi connectivity index (χ3v) is 2.44. The van der Waals surface area contributed by atoms with Crippen LogP contribution in [-0.4, -0.2) is 34.6 Å². The van der Waals surface area contributed by atoms with E-state index < -0.39 is 28.6 Å². The Labute approximate surface area is 119 Å². The van der Waals surface area contributed by atoms with E-state index in [9.17, 15) is 19.7 Å². The summed E-state index contributed by atoms with van der Waals surface area (Å²) in [5, 5.41) is 22.1. The number of nitrogens with zero attached hydrogens (tertiary/aromatic N) is 1. The summed E-state index contributed by atoms with van der Waals surface area (Å²) in [6.07, 6.45) is 3.92. The second-order valence-corrected chi connectivity index (χ2v) is 3.93. The number of nitro benzene ring substituents is 1. The van der Waals surface area contributed by atoms with E-state index in [1.807, 2.05) is 0 Å². The molecule has 0 aliphatic heterocycles. The van der Waals surface area contributed by atoms with Gasteiger partial charge in [0.15, 0.2) is 11.9 Å². The van der Waals surface area contributed by atoms with Gasteiger partial charge in [-0.25, -0.2) is 4.79 Å². The van der Waals surface area contributed by atoms with E-state index in [-0.39, 0.29) is 17.9 Å². The Morgan fingerprint density at radius 2 is 2.24 bits per heavy atom. The van der Waals surface area contributed by atoms with Crippen LogP contribution in [0.5, 0.6) is 5.75 Å². The summed E-state index contributed by atoms with van der Waals surface area (Å²) in [5.74, 6) is 0.0637. The van der Waals surface area contributed by atoms with E-state index in [0.717, 1.165) is 18.2 Å². The van der Waals surface area contributed by atoms with Gasteiger partial charge in [0, 0.05) is 12.1 Å². The van der Waals surface area contributed by atoms with Crippen LogP contribution < -0.4 is 10.1 Å². The smallest absolute Gasteiger partial charge is 0.335 e. The molecule has 0 aromatic heterocycles. The van der Waals surface area contributed by atoms with Crippen molar-refractivity contribution in [2.75, 3.05) is 6.54 Å². The number of carboxylic acids is 1. The van der Waals surface area contributed by atoms with Crippen molar-refractivity contribution < 1.29 is 24.4 Å². The molecule has 0 radical (unpaired) electrons. The first kappa shape index (κ1) is 16.0. The molecular formula is C13H12N2O6. The van der Waals surface area contributed by atoms with E-state index in [0.29, 0.717) is 0 Å². The maximum Gasteiger partial charge on any atom is 0.335 e. The van der Waals surface area contributed by atoms with Crippen molar-refractivity contribution in [2.24, 2.45) is 0 Å². The van der Waals surface area contributed by atoms with Gasteiger partial charge in [0.2, 0.25) is 0 Å². The highest BCUT2D eigenvalue weighted by atomic mass is 16.6. The monoisotopic (exact) mass is 292 g/mol. The van der Waals surface area contributed by atoms with Gasteiger partial charge in [0.25, 0.3) is 5.91 Å². The van der Waals surface area contributed by atoms with Gasteiger partial charge >= 0.3 is 11.7 Å². The van der Waals surface area contributed by atoms with E-state index in [4.69, 9.17) is 16.3 Å². The molecule has 0 saturated carbocycles. The van der Waals surface area contributed by atoms with Crippen molar-refractivity contribution in [2.45, 2.75) is 13.0 Å². The molecule has 0 fully saturated rings. The zero-order valence-corrected chi connectivity index (χ0v) is 11.0. The van der Waals surface area contributed by atoms with Crippen LogP contribution in [0, 0.1) is 22.5 Å². The summed E-state index contributed by atoms with van der Waals surface area (Å²) in [4.78, 5) is 32.6. The Kier molecular flexibility index (Phi) is 5.25. The number of carboxylic acid groups (broad SMARTS) is 1. The van der Waals surface area contributed by atoms with Crippen LogP contribution in [0.1, 0.15) is 17.3 Å². The van der Waals surface area contributed by atoms with Gasteiger partial charge in [0.05, 0.1) is 17.0 Å². The molecule has 1 amide bonds. The number of amides is 1. The molecule has 2 N–H and O–H groups in total. The summed E-state index contributed by atoms with van der Waals surface area (Å²) in [7, 11) is 0. The molecule has 110 valence electrons. The number of nitrogens with one attached hydrogen (secondary N) is 1. The van der Waals surface area contributed by atoms with Gasteiger partial charge in [-0.2, -0.15) is 0 Å². The standard InChI is InChI=1S/C13H12N2O6/c1-3-6-14-12(16)8(2)21-11-7-9(13(17)18)4-5-10(11)15(19)20/h1,4-5,7-8H,6H2,2H3,(H,14,16)(H,17,18). The number of carbonyl (C=O) groups excluding carboxylic acids is 1. The number of aromatic carboxylic acids is 1. The number of ether oxygens (including phenoxy) is 1. The van der Waals surface area contributed by atoms with Gasteiger partial charge < -0.3 is 15.2 Å². The van der Waals surface area contributed by atoms with Crippen molar-refractivity contribution >= 4 is 17.6 Å². The highest BCUT2D eigenvalue weighted by Crippen LogP contribution is 2.29. The highest BCUT2D eigenvalue weighted by Gasteiger charge is 2.22. The average molecular weight is 292 g/mol. The highest BCUT2D eigenvalue weighted by molar-refractivity contribution is 5.89. The molecule has 8 nitrogen and oxygen atoms in total. The van der Waals surface area contributed by atoms with Crippen molar-refractivity contribution in [3.8, 4) is 18.1 Å². The SMILES string of the molecule is C#CCNC(=O)C(C)Oc1cc(C(=O)O)ccc1[N+](=O)[O-]. The molecule has 0 aliphatic rings. The van der Waals surface area contributed by atoms with Crippen molar-refractivity contribution in [1.82, 2.24) is 5.32 Å². The lowest BCUT2D eigenvalue weighted by Crippen LogP contribution is -2.36. The van der Waals surface area contributed by atoms with Gasteiger partial charge in [-0.15, -0.1) is 6.42 Å². The molecule has 1 aromatic carbocycles. The molecule has 0 bridgehead atoms. The molecule has 21 heavy (non-hydrogen) atoms. The molecule has 0 aliphatic carbocycles. The quantitative estimate of drug-likeness (QED) is 0.455. The van der Waals surface area contributed by atoms with E-state index >= 15 is 0 Å².